The first-order chi connectivity index (χ1) is 8.50. The molecule has 0 fully saturated rings. The Bertz CT molecular complexity index is 460. The van der Waals surface area contributed by atoms with E-state index in [-0.39, 0.29) is 5.76 Å². The third-order valence-electron chi connectivity index (χ3n) is 2.70. The SMILES string of the molecule is CC(C)=CCCC(C)=CCc1ccoc1C(=O)O. The Morgan fingerprint density at radius 3 is 2.67 bits per heavy atom. The minimum absolute atomic E-state index is 0.0448. The van der Waals surface area contributed by atoms with Gasteiger partial charge in [-0.15, -0.1) is 0 Å². The van der Waals surface area contributed by atoms with Crippen molar-refractivity contribution in [2.24, 2.45) is 0 Å². The van der Waals surface area contributed by atoms with Crippen LogP contribution in [0.3, 0.4) is 0 Å². The quantitative estimate of drug-likeness (QED) is 0.767. The summed E-state index contributed by atoms with van der Waals surface area (Å²) >= 11 is 0. The van der Waals surface area contributed by atoms with Gasteiger partial charge >= 0.3 is 5.97 Å². The van der Waals surface area contributed by atoms with Gasteiger partial charge in [-0.1, -0.05) is 23.3 Å². The van der Waals surface area contributed by atoms with Gasteiger partial charge in [0.25, 0.3) is 0 Å². The summed E-state index contributed by atoms with van der Waals surface area (Å²) < 4.78 is 4.93. The predicted octanol–water partition coefficient (Wildman–Crippen LogP) is 4.21. The summed E-state index contributed by atoms with van der Waals surface area (Å²) in [5.41, 5.74) is 3.32. The number of aromatic carboxylic acids is 1. The van der Waals surface area contributed by atoms with E-state index in [1.165, 1.54) is 17.4 Å². The number of allylic oxidation sites excluding steroid dienone is 4. The molecule has 1 heterocycles. The molecule has 1 rings (SSSR count). The number of carboxylic acid groups (broad SMARTS) is 1. The highest BCUT2D eigenvalue weighted by atomic mass is 16.4. The van der Waals surface area contributed by atoms with Crippen LogP contribution in [-0.4, -0.2) is 11.1 Å². The maximum absolute atomic E-state index is 10.9. The van der Waals surface area contributed by atoms with Crippen molar-refractivity contribution in [3.63, 3.8) is 0 Å². The van der Waals surface area contributed by atoms with Crippen molar-refractivity contribution in [1.29, 1.82) is 0 Å². The molecule has 0 aliphatic carbocycles. The van der Waals surface area contributed by atoms with Crippen molar-refractivity contribution < 1.29 is 14.3 Å². The summed E-state index contributed by atoms with van der Waals surface area (Å²) in [4.78, 5) is 10.9. The molecule has 1 N–H and O–H groups in total. The van der Waals surface area contributed by atoms with E-state index in [1.807, 2.05) is 0 Å². The van der Waals surface area contributed by atoms with Crippen LogP contribution in [0.4, 0.5) is 0 Å². The van der Waals surface area contributed by atoms with E-state index < -0.39 is 5.97 Å². The van der Waals surface area contributed by atoms with Crippen LogP contribution < -0.4 is 0 Å². The zero-order valence-electron chi connectivity index (χ0n) is 11.2. The molecule has 0 unspecified atom stereocenters. The molecule has 0 spiro atoms. The van der Waals surface area contributed by atoms with Gasteiger partial charge < -0.3 is 9.52 Å². The maximum atomic E-state index is 10.9. The van der Waals surface area contributed by atoms with E-state index in [0.29, 0.717) is 6.42 Å². The Labute approximate surface area is 108 Å². The van der Waals surface area contributed by atoms with E-state index in [0.717, 1.165) is 18.4 Å². The molecule has 0 aliphatic rings. The molecule has 0 aliphatic heterocycles. The summed E-state index contributed by atoms with van der Waals surface area (Å²) in [6.07, 6.45) is 8.34. The largest absolute Gasteiger partial charge is 0.475 e. The van der Waals surface area contributed by atoms with Crippen LogP contribution in [-0.2, 0) is 6.42 Å². The van der Waals surface area contributed by atoms with E-state index >= 15 is 0 Å². The van der Waals surface area contributed by atoms with E-state index in [1.54, 1.807) is 6.07 Å². The second-order valence-electron chi connectivity index (χ2n) is 4.65. The van der Waals surface area contributed by atoms with E-state index in [4.69, 9.17) is 9.52 Å². The molecular weight excluding hydrogens is 228 g/mol. The van der Waals surface area contributed by atoms with Gasteiger partial charge in [0.1, 0.15) is 0 Å². The Kier molecular flexibility index (Phi) is 5.43. The van der Waals surface area contributed by atoms with Gasteiger partial charge in [-0.3, -0.25) is 0 Å². The van der Waals surface area contributed by atoms with E-state index in [9.17, 15) is 4.79 Å². The molecule has 18 heavy (non-hydrogen) atoms. The van der Waals surface area contributed by atoms with Crippen LogP contribution in [0.25, 0.3) is 0 Å². The lowest BCUT2D eigenvalue weighted by atomic mass is 10.1. The lowest BCUT2D eigenvalue weighted by molar-refractivity contribution is 0.0661. The molecule has 0 amide bonds. The maximum Gasteiger partial charge on any atom is 0.372 e. The third kappa shape index (κ3) is 4.62. The van der Waals surface area contributed by atoms with Crippen molar-refractivity contribution in [3.8, 4) is 0 Å². The summed E-state index contributed by atoms with van der Waals surface area (Å²) in [6.45, 7) is 6.24. The Morgan fingerprint density at radius 2 is 2.06 bits per heavy atom. The van der Waals surface area contributed by atoms with Crippen LogP contribution >= 0.6 is 0 Å². The first-order valence-corrected chi connectivity index (χ1v) is 6.09. The Morgan fingerprint density at radius 1 is 1.33 bits per heavy atom. The lowest BCUT2D eigenvalue weighted by Gasteiger charge is -1.99. The van der Waals surface area contributed by atoms with Crippen molar-refractivity contribution >= 4 is 5.97 Å². The molecule has 3 heteroatoms. The molecular formula is C15H20O3. The predicted molar refractivity (Wildman–Crippen MR) is 71.8 cm³/mol. The van der Waals surface area contributed by atoms with Crippen molar-refractivity contribution in [2.75, 3.05) is 0 Å². The summed E-state index contributed by atoms with van der Waals surface area (Å²) in [5.74, 6) is -0.964. The van der Waals surface area contributed by atoms with Gasteiger partial charge in [0, 0.05) is 5.56 Å². The monoisotopic (exact) mass is 248 g/mol. The number of hydrogen-bond donors (Lipinski definition) is 1. The smallest absolute Gasteiger partial charge is 0.372 e. The molecule has 0 atom stereocenters. The minimum Gasteiger partial charge on any atom is -0.475 e. The molecule has 0 bridgehead atoms. The highest BCUT2D eigenvalue weighted by Gasteiger charge is 2.12. The van der Waals surface area contributed by atoms with Gasteiger partial charge in [0.15, 0.2) is 0 Å². The fourth-order valence-electron chi connectivity index (χ4n) is 1.66. The average molecular weight is 248 g/mol. The van der Waals surface area contributed by atoms with Gasteiger partial charge in [-0.05, 0) is 46.1 Å². The second-order valence-corrected chi connectivity index (χ2v) is 4.65. The first-order valence-electron chi connectivity index (χ1n) is 6.09. The minimum atomic E-state index is -1.01. The van der Waals surface area contributed by atoms with Crippen molar-refractivity contribution in [1.82, 2.24) is 0 Å². The molecule has 0 aromatic carbocycles. The molecule has 98 valence electrons. The number of carboxylic acids is 1. The molecule has 1 aromatic heterocycles. The van der Waals surface area contributed by atoms with Gasteiger partial charge in [0.2, 0.25) is 5.76 Å². The Hall–Kier alpha value is -1.77. The number of rotatable bonds is 6. The molecule has 0 saturated carbocycles. The summed E-state index contributed by atoms with van der Waals surface area (Å²) in [5, 5.41) is 8.90. The number of hydrogen-bond acceptors (Lipinski definition) is 2. The first kappa shape index (κ1) is 14.3. The van der Waals surface area contributed by atoms with E-state index in [2.05, 4.69) is 32.9 Å². The molecule has 3 nitrogen and oxygen atoms in total. The fourth-order valence-corrected chi connectivity index (χ4v) is 1.66. The van der Waals surface area contributed by atoms with Crippen molar-refractivity contribution in [2.45, 2.75) is 40.0 Å². The zero-order valence-corrected chi connectivity index (χ0v) is 11.2. The number of carbonyl (C=O) groups is 1. The average Bonchev–Trinajstić information content (AvgIpc) is 2.74. The highest BCUT2D eigenvalue weighted by molar-refractivity contribution is 5.86. The topological polar surface area (TPSA) is 50.4 Å². The fraction of sp³-hybridized carbons (Fsp3) is 0.400. The van der Waals surface area contributed by atoms with Gasteiger partial charge in [-0.2, -0.15) is 0 Å². The molecule has 0 radical (unpaired) electrons. The highest BCUT2D eigenvalue weighted by Crippen LogP contribution is 2.14. The van der Waals surface area contributed by atoms with Crippen molar-refractivity contribution in [3.05, 3.63) is 47.0 Å². The summed E-state index contributed by atoms with van der Waals surface area (Å²) in [6, 6.07) is 1.71. The summed E-state index contributed by atoms with van der Waals surface area (Å²) in [7, 11) is 0. The number of furan rings is 1. The molecule has 1 aromatic rings. The van der Waals surface area contributed by atoms with Crippen LogP contribution in [0, 0.1) is 0 Å². The third-order valence-corrected chi connectivity index (χ3v) is 2.70. The normalized spacial score (nSPS) is 11.4. The van der Waals surface area contributed by atoms with Crippen LogP contribution in [0.2, 0.25) is 0 Å². The van der Waals surface area contributed by atoms with Crippen LogP contribution in [0.15, 0.2) is 40.0 Å². The van der Waals surface area contributed by atoms with Gasteiger partial charge in [0.05, 0.1) is 6.26 Å². The standard InChI is InChI=1S/C15H20O3/c1-11(2)5-4-6-12(3)7-8-13-9-10-18-14(13)15(16)17/h5,7,9-10H,4,6,8H2,1-3H3,(H,16,17). The molecule has 0 saturated heterocycles. The second kappa shape index (κ2) is 6.84. The Balaban J connectivity index is 2.55. The van der Waals surface area contributed by atoms with Gasteiger partial charge in [-0.25, -0.2) is 4.79 Å². The zero-order chi connectivity index (χ0) is 13.5. The van der Waals surface area contributed by atoms with Crippen LogP contribution in [0.5, 0.6) is 0 Å². The van der Waals surface area contributed by atoms with Crippen LogP contribution in [0.1, 0.15) is 49.7 Å². The lowest BCUT2D eigenvalue weighted by Crippen LogP contribution is -1.98.